The highest BCUT2D eigenvalue weighted by atomic mass is 16.5. The molecule has 0 radical (unpaired) electrons. The van der Waals surface area contributed by atoms with Crippen molar-refractivity contribution in [3.63, 3.8) is 0 Å². The Bertz CT molecular complexity index is 950. The van der Waals surface area contributed by atoms with Crippen molar-refractivity contribution in [1.29, 1.82) is 0 Å². The van der Waals surface area contributed by atoms with E-state index in [2.05, 4.69) is 18.5 Å². The van der Waals surface area contributed by atoms with E-state index >= 15 is 0 Å². The van der Waals surface area contributed by atoms with Crippen molar-refractivity contribution in [3.05, 3.63) is 109 Å². The molecule has 210 valence electrons. The number of ether oxygens (including phenoxy) is 2. The highest BCUT2D eigenvalue weighted by Gasteiger charge is 2.18. The number of anilines is 1. The molecule has 5 heteroatoms. The molecule has 0 bridgehead atoms. The van der Waals surface area contributed by atoms with E-state index in [0.29, 0.717) is 36.1 Å². The van der Waals surface area contributed by atoms with Crippen LogP contribution in [0.25, 0.3) is 0 Å². The summed E-state index contributed by atoms with van der Waals surface area (Å²) in [7, 11) is 0. The van der Waals surface area contributed by atoms with Gasteiger partial charge in [0.05, 0.1) is 12.2 Å². The molecule has 0 fully saturated rings. The van der Waals surface area contributed by atoms with Crippen LogP contribution in [-0.2, 0) is 16.1 Å². The summed E-state index contributed by atoms with van der Waals surface area (Å²) < 4.78 is 12.3. The number of carbonyl (C=O) groups is 1. The zero-order chi connectivity index (χ0) is 29.2. The van der Waals surface area contributed by atoms with Gasteiger partial charge >= 0.3 is 0 Å². The SMILES string of the molecule is C=C/C=C\C(Oc1ccccc1N(CC)C(=O)CNCC)=C(/C=C)OCc1ccccc1.CC.CC.CC. The highest BCUT2D eigenvalue weighted by molar-refractivity contribution is 5.96. The second kappa shape index (κ2) is 25.1. The lowest BCUT2D eigenvalue weighted by molar-refractivity contribution is -0.117. The van der Waals surface area contributed by atoms with E-state index in [9.17, 15) is 4.79 Å². The maximum Gasteiger partial charge on any atom is 0.241 e. The van der Waals surface area contributed by atoms with E-state index in [1.54, 1.807) is 29.2 Å². The third-order valence-electron chi connectivity index (χ3n) is 4.57. The van der Waals surface area contributed by atoms with E-state index in [1.165, 1.54) is 0 Å². The predicted molar refractivity (Wildman–Crippen MR) is 165 cm³/mol. The number of hydrogen-bond acceptors (Lipinski definition) is 4. The van der Waals surface area contributed by atoms with Crippen molar-refractivity contribution in [2.24, 2.45) is 0 Å². The summed E-state index contributed by atoms with van der Waals surface area (Å²) in [5, 5.41) is 3.08. The van der Waals surface area contributed by atoms with Crippen molar-refractivity contribution in [3.8, 4) is 5.75 Å². The Balaban J connectivity index is 0. The van der Waals surface area contributed by atoms with Crippen LogP contribution < -0.4 is 15.0 Å². The van der Waals surface area contributed by atoms with Gasteiger partial charge in [-0.2, -0.15) is 0 Å². The number of para-hydroxylation sites is 2. The summed E-state index contributed by atoms with van der Waals surface area (Å²) in [6.07, 6.45) is 6.80. The van der Waals surface area contributed by atoms with Gasteiger partial charge in [-0.1, -0.05) is 116 Å². The molecular formula is C33H50N2O3. The maximum atomic E-state index is 12.7. The van der Waals surface area contributed by atoms with Gasteiger partial charge < -0.3 is 19.7 Å². The number of rotatable bonds is 13. The number of carbonyl (C=O) groups excluding carboxylic acids is 1. The number of benzene rings is 2. The van der Waals surface area contributed by atoms with Gasteiger partial charge in [0.1, 0.15) is 6.61 Å². The average Bonchev–Trinajstić information content (AvgIpc) is 2.99. The normalized spacial score (nSPS) is 10.2. The van der Waals surface area contributed by atoms with Gasteiger partial charge in [-0.3, -0.25) is 4.79 Å². The van der Waals surface area contributed by atoms with Crippen LogP contribution in [-0.4, -0.2) is 25.5 Å². The van der Waals surface area contributed by atoms with E-state index in [4.69, 9.17) is 9.47 Å². The molecule has 0 spiro atoms. The Kier molecular flexibility index (Phi) is 24.2. The Morgan fingerprint density at radius 2 is 1.50 bits per heavy atom. The second-order valence-electron chi connectivity index (χ2n) is 6.79. The quantitative estimate of drug-likeness (QED) is 0.212. The van der Waals surface area contributed by atoms with E-state index in [0.717, 1.165) is 12.1 Å². The Morgan fingerprint density at radius 1 is 0.895 bits per heavy atom. The molecule has 0 aromatic heterocycles. The maximum absolute atomic E-state index is 12.7. The first kappa shape index (κ1) is 36.6. The number of nitrogens with one attached hydrogen (secondary N) is 1. The molecule has 1 N–H and O–H groups in total. The van der Waals surface area contributed by atoms with E-state index < -0.39 is 0 Å². The Labute approximate surface area is 232 Å². The minimum Gasteiger partial charge on any atom is -0.485 e. The van der Waals surface area contributed by atoms with Gasteiger partial charge in [0.2, 0.25) is 5.91 Å². The summed E-state index contributed by atoms with van der Waals surface area (Å²) in [5.41, 5.74) is 1.72. The minimum absolute atomic E-state index is 0.0261. The first-order valence-electron chi connectivity index (χ1n) is 13.7. The smallest absolute Gasteiger partial charge is 0.241 e. The standard InChI is InChI=1S/C27H32N2O3.3C2H6/c1-5-9-18-26(24(6-2)31-21-22-15-11-10-12-16-22)32-25-19-14-13-17-23(25)29(8-4)27(30)20-28-7-3;3*1-2/h5-6,9-19,28H,1-2,7-8,20-21H2,3-4H3;3*1-2H3/b18-9-,26-24-;;;. The molecule has 2 aromatic carbocycles. The fourth-order valence-corrected chi connectivity index (χ4v) is 2.98. The molecule has 0 saturated heterocycles. The summed E-state index contributed by atoms with van der Waals surface area (Å²) in [6, 6.07) is 17.3. The van der Waals surface area contributed by atoms with Crippen LogP contribution >= 0.6 is 0 Å². The summed E-state index contributed by atoms with van der Waals surface area (Å²) in [5.74, 6) is 1.48. The fourth-order valence-electron chi connectivity index (χ4n) is 2.98. The molecule has 0 aliphatic rings. The first-order valence-corrected chi connectivity index (χ1v) is 13.7. The molecule has 2 aromatic rings. The van der Waals surface area contributed by atoms with Gasteiger partial charge in [0, 0.05) is 6.54 Å². The summed E-state index contributed by atoms with van der Waals surface area (Å²) >= 11 is 0. The van der Waals surface area contributed by atoms with Crippen LogP contribution in [0, 0.1) is 0 Å². The Hall–Kier alpha value is -3.57. The second-order valence-corrected chi connectivity index (χ2v) is 6.79. The topological polar surface area (TPSA) is 50.8 Å². The molecule has 0 saturated carbocycles. The van der Waals surface area contributed by atoms with Crippen LogP contribution in [0.5, 0.6) is 5.75 Å². The van der Waals surface area contributed by atoms with E-state index in [1.807, 2.05) is 110 Å². The molecule has 2 rings (SSSR count). The molecule has 0 aliphatic heterocycles. The van der Waals surface area contributed by atoms with Gasteiger partial charge in [0.25, 0.3) is 0 Å². The average molecular weight is 523 g/mol. The summed E-state index contributed by atoms with van der Waals surface area (Å²) in [4.78, 5) is 14.4. The first-order chi connectivity index (χ1) is 18.6. The largest absolute Gasteiger partial charge is 0.485 e. The lowest BCUT2D eigenvalue weighted by Gasteiger charge is -2.24. The zero-order valence-corrected chi connectivity index (χ0v) is 24.9. The lowest BCUT2D eigenvalue weighted by Crippen LogP contribution is -2.38. The van der Waals surface area contributed by atoms with Crippen molar-refractivity contribution in [2.45, 2.75) is 62.0 Å². The highest BCUT2D eigenvalue weighted by Crippen LogP contribution is 2.31. The number of allylic oxidation sites excluding steroid dienone is 4. The predicted octanol–water partition coefficient (Wildman–Crippen LogP) is 8.46. The van der Waals surface area contributed by atoms with Gasteiger partial charge in [-0.15, -0.1) is 0 Å². The number of amides is 1. The van der Waals surface area contributed by atoms with Gasteiger partial charge in [-0.25, -0.2) is 0 Å². The number of likely N-dealkylation sites (N-methyl/N-ethyl adjacent to an activating group) is 2. The van der Waals surface area contributed by atoms with Gasteiger partial charge in [-0.05, 0) is 43.3 Å². The van der Waals surface area contributed by atoms with Crippen LogP contribution in [0.1, 0.15) is 61.0 Å². The lowest BCUT2D eigenvalue weighted by atomic mass is 10.2. The molecule has 5 nitrogen and oxygen atoms in total. The molecule has 1 amide bonds. The van der Waals surface area contributed by atoms with Crippen molar-refractivity contribution < 1.29 is 14.3 Å². The molecule has 0 heterocycles. The monoisotopic (exact) mass is 522 g/mol. The minimum atomic E-state index is -0.0261. The van der Waals surface area contributed by atoms with Gasteiger partial charge in [0.15, 0.2) is 17.3 Å². The number of nitrogens with zero attached hydrogens (tertiary/aromatic N) is 1. The fraction of sp³-hybridized carbons (Fsp3) is 0.364. The Morgan fingerprint density at radius 3 is 2.05 bits per heavy atom. The third-order valence-corrected chi connectivity index (χ3v) is 4.57. The zero-order valence-electron chi connectivity index (χ0n) is 24.9. The van der Waals surface area contributed by atoms with Crippen LogP contribution in [0.3, 0.4) is 0 Å². The van der Waals surface area contributed by atoms with Crippen molar-refractivity contribution in [2.75, 3.05) is 24.5 Å². The molecule has 38 heavy (non-hydrogen) atoms. The molecular weight excluding hydrogens is 472 g/mol. The molecule has 0 aliphatic carbocycles. The van der Waals surface area contributed by atoms with Crippen LogP contribution in [0.4, 0.5) is 5.69 Å². The molecule has 0 unspecified atom stereocenters. The third kappa shape index (κ3) is 13.7. The van der Waals surface area contributed by atoms with Crippen LogP contribution in [0.15, 0.2) is 104 Å². The number of hydrogen-bond donors (Lipinski definition) is 1. The van der Waals surface area contributed by atoms with E-state index in [-0.39, 0.29) is 12.5 Å². The van der Waals surface area contributed by atoms with Crippen molar-refractivity contribution >= 4 is 11.6 Å². The summed E-state index contributed by atoms with van der Waals surface area (Å²) in [6.45, 7) is 25.4. The van der Waals surface area contributed by atoms with Crippen molar-refractivity contribution in [1.82, 2.24) is 5.32 Å². The molecule has 0 atom stereocenters. The van der Waals surface area contributed by atoms with Crippen LogP contribution in [0.2, 0.25) is 0 Å².